The molecule has 1 fully saturated rings. The summed E-state index contributed by atoms with van der Waals surface area (Å²) in [4.78, 5) is 2.40. The largest absolute Gasteiger partial charge is 0.383 e. The molecule has 1 saturated heterocycles. The Morgan fingerprint density at radius 2 is 2.12 bits per heavy atom. The average Bonchev–Trinajstić information content (AvgIpc) is 2.76. The Labute approximate surface area is 96.0 Å². The third-order valence-corrected chi connectivity index (χ3v) is 3.23. The summed E-state index contributed by atoms with van der Waals surface area (Å²) in [5.74, 6) is 0.399. The first-order valence-corrected chi connectivity index (χ1v) is 5.76. The van der Waals surface area contributed by atoms with Crippen LogP contribution in [0.25, 0.3) is 0 Å². The Morgan fingerprint density at radius 3 is 2.81 bits per heavy atom. The van der Waals surface area contributed by atoms with Gasteiger partial charge < -0.3 is 9.64 Å². The number of ether oxygens (including phenoxy) is 1. The number of halogens is 1. The number of likely N-dealkylation sites (tertiary alicyclic amines) is 1. The molecule has 88 valence electrons. The highest BCUT2D eigenvalue weighted by Crippen LogP contribution is 2.26. The first kappa shape index (κ1) is 11.6. The molecular weight excluding hydrogens is 205 g/mol. The van der Waals surface area contributed by atoms with E-state index in [0.717, 1.165) is 32.7 Å². The fourth-order valence-electron chi connectivity index (χ4n) is 2.26. The van der Waals surface area contributed by atoms with Crippen molar-refractivity contribution in [1.29, 1.82) is 0 Å². The molecule has 1 heterocycles. The van der Waals surface area contributed by atoms with E-state index < -0.39 is 0 Å². The summed E-state index contributed by atoms with van der Waals surface area (Å²) in [6.45, 7) is 3.96. The van der Waals surface area contributed by atoms with E-state index in [1.54, 1.807) is 19.2 Å². The number of hydrogen-bond donors (Lipinski definition) is 0. The third kappa shape index (κ3) is 2.80. The maximum Gasteiger partial charge on any atom is 0.123 e. The Bertz CT molecular complexity index is 325. The molecule has 1 atom stereocenters. The number of nitrogens with zero attached hydrogens (tertiary/aromatic N) is 1. The minimum atomic E-state index is -0.155. The van der Waals surface area contributed by atoms with E-state index in [0.29, 0.717) is 5.92 Å². The highest BCUT2D eigenvalue weighted by atomic mass is 19.1. The fourth-order valence-corrected chi connectivity index (χ4v) is 2.26. The molecule has 0 spiro atoms. The number of hydrogen-bond acceptors (Lipinski definition) is 2. The maximum absolute atomic E-state index is 12.8. The monoisotopic (exact) mass is 223 g/mol. The number of benzene rings is 1. The van der Waals surface area contributed by atoms with Crippen molar-refractivity contribution in [3.8, 4) is 0 Å². The molecule has 2 rings (SSSR count). The Morgan fingerprint density at radius 1 is 1.38 bits per heavy atom. The summed E-state index contributed by atoms with van der Waals surface area (Å²) in [7, 11) is 1.73. The highest BCUT2D eigenvalue weighted by Gasteiger charge is 2.23. The van der Waals surface area contributed by atoms with Gasteiger partial charge in [0, 0.05) is 20.2 Å². The predicted octanol–water partition coefficient (Wildman–Crippen LogP) is 2.26. The van der Waals surface area contributed by atoms with Gasteiger partial charge in [0.1, 0.15) is 5.82 Å². The smallest absolute Gasteiger partial charge is 0.123 e. The Hall–Kier alpha value is -0.930. The lowest BCUT2D eigenvalue weighted by molar-refractivity contribution is 0.160. The van der Waals surface area contributed by atoms with E-state index in [1.807, 2.05) is 12.1 Å². The van der Waals surface area contributed by atoms with Gasteiger partial charge in [-0.1, -0.05) is 12.1 Å². The Kier molecular flexibility index (Phi) is 3.91. The van der Waals surface area contributed by atoms with Gasteiger partial charge in [-0.05, 0) is 36.6 Å². The van der Waals surface area contributed by atoms with Gasteiger partial charge in [-0.15, -0.1) is 0 Å². The van der Waals surface area contributed by atoms with Crippen LogP contribution in [-0.2, 0) is 4.74 Å². The summed E-state index contributed by atoms with van der Waals surface area (Å²) < 4.78 is 17.9. The summed E-state index contributed by atoms with van der Waals surface area (Å²) in [5, 5.41) is 0. The van der Waals surface area contributed by atoms with Crippen molar-refractivity contribution < 1.29 is 9.13 Å². The minimum absolute atomic E-state index is 0.155. The van der Waals surface area contributed by atoms with Crippen LogP contribution in [0.3, 0.4) is 0 Å². The quantitative estimate of drug-likeness (QED) is 0.776. The molecule has 1 aromatic carbocycles. The molecule has 1 aromatic rings. The molecule has 0 aliphatic carbocycles. The summed E-state index contributed by atoms with van der Waals surface area (Å²) in [5.41, 5.74) is 1.25. The first-order chi connectivity index (χ1) is 7.79. The van der Waals surface area contributed by atoms with Crippen molar-refractivity contribution in [3.05, 3.63) is 35.6 Å². The van der Waals surface area contributed by atoms with Crippen LogP contribution in [0.1, 0.15) is 17.9 Å². The molecule has 1 aliphatic rings. The highest BCUT2D eigenvalue weighted by molar-refractivity contribution is 5.21. The standard InChI is InChI=1S/C13H18FNO/c1-16-9-8-15-7-6-12(10-15)11-2-4-13(14)5-3-11/h2-5,12H,6-10H2,1H3/t12-/m1/s1. The lowest BCUT2D eigenvalue weighted by Gasteiger charge is -2.15. The zero-order valence-electron chi connectivity index (χ0n) is 9.66. The Balaban J connectivity index is 1.90. The zero-order chi connectivity index (χ0) is 11.4. The van der Waals surface area contributed by atoms with Gasteiger partial charge in [0.2, 0.25) is 0 Å². The summed E-state index contributed by atoms with van der Waals surface area (Å²) in [6.07, 6.45) is 1.16. The second kappa shape index (κ2) is 5.41. The fraction of sp³-hybridized carbons (Fsp3) is 0.538. The summed E-state index contributed by atoms with van der Waals surface area (Å²) >= 11 is 0. The van der Waals surface area contributed by atoms with Crippen molar-refractivity contribution in [3.63, 3.8) is 0 Å². The first-order valence-electron chi connectivity index (χ1n) is 5.76. The van der Waals surface area contributed by atoms with Crippen LogP contribution in [-0.4, -0.2) is 38.3 Å². The zero-order valence-corrected chi connectivity index (χ0v) is 9.66. The molecule has 0 N–H and O–H groups in total. The van der Waals surface area contributed by atoms with E-state index >= 15 is 0 Å². The van der Waals surface area contributed by atoms with E-state index in [4.69, 9.17) is 4.74 Å². The number of rotatable bonds is 4. The maximum atomic E-state index is 12.8. The average molecular weight is 223 g/mol. The molecule has 1 aliphatic heterocycles. The van der Waals surface area contributed by atoms with E-state index in [1.165, 1.54) is 5.56 Å². The molecule has 16 heavy (non-hydrogen) atoms. The molecular formula is C13H18FNO. The normalized spacial score (nSPS) is 21.5. The van der Waals surface area contributed by atoms with Gasteiger partial charge in [-0.3, -0.25) is 0 Å². The molecule has 0 unspecified atom stereocenters. The van der Waals surface area contributed by atoms with Crippen molar-refractivity contribution in [2.24, 2.45) is 0 Å². The summed E-state index contributed by atoms with van der Waals surface area (Å²) in [6, 6.07) is 6.90. The molecule has 0 saturated carbocycles. The minimum Gasteiger partial charge on any atom is -0.383 e. The molecule has 0 aromatic heterocycles. The molecule has 0 bridgehead atoms. The molecule has 3 heteroatoms. The second-order valence-corrected chi connectivity index (χ2v) is 4.33. The van der Waals surface area contributed by atoms with E-state index in [-0.39, 0.29) is 5.82 Å². The van der Waals surface area contributed by atoms with Gasteiger partial charge in [-0.2, -0.15) is 0 Å². The van der Waals surface area contributed by atoms with Crippen molar-refractivity contribution >= 4 is 0 Å². The van der Waals surface area contributed by atoms with Gasteiger partial charge in [0.05, 0.1) is 6.61 Å². The topological polar surface area (TPSA) is 12.5 Å². The lowest BCUT2D eigenvalue weighted by Crippen LogP contribution is -2.24. The molecule has 0 radical (unpaired) electrons. The van der Waals surface area contributed by atoms with Crippen molar-refractivity contribution in [2.45, 2.75) is 12.3 Å². The van der Waals surface area contributed by atoms with Crippen LogP contribution in [0.2, 0.25) is 0 Å². The lowest BCUT2D eigenvalue weighted by atomic mass is 9.99. The second-order valence-electron chi connectivity index (χ2n) is 4.33. The SMILES string of the molecule is COCCN1CC[C@@H](c2ccc(F)cc2)C1. The van der Waals surface area contributed by atoms with Gasteiger partial charge in [0.25, 0.3) is 0 Å². The molecule has 2 nitrogen and oxygen atoms in total. The van der Waals surface area contributed by atoms with Gasteiger partial charge >= 0.3 is 0 Å². The number of methoxy groups -OCH3 is 1. The van der Waals surface area contributed by atoms with Crippen molar-refractivity contribution in [2.75, 3.05) is 33.4 Å². The van der Waals surface area contributed by atoms with Crippen molar-refractivity contribution in [1.82, 2.24) is 4.90 Å². The van der Waals surface area contributed by atoms with E-state index in [2.05, 4.69) is 4.90 Å². The van der Waals surface area contributed by atoms with Crippen LogP contribution in [0.15, 0.2) is 24.3 Å². The third-order valence-electron chi connectivity index (χ3n) is 3.23. The predicted molar refractivity (Wildman–Crippen MR) is 62.1 cm³/mol. The van der Waals surface area contributed by atoms with Gasteiger partial charge in [-0.25, -0.2) is 4.39 Å². The van der Waals surface area contributed by atoms with Gasteiger partial charge in [0.15, 0.2) is 0 Å². The van der Waals surface area contributed by atoms with Crippen LogP contribution < -0.4 is 0 Å². The molecule has 0 amide bonds. The van der Waals surface area contributed by atoms with E-state index in [9.17, 15) is 4.39 Å². The van der Waals surface area contributed by atoms with Crippen LogP contribution in [0, 0.1) is 5.82 Å². The van der Waals surface area contributed by atoms with Crippen LogP contribution in [0.4, 0.5) is 4.39 Å². The van der Waals surface area contributed by atoms with Crippen LogP contribution in [0.5, 0.6) is 0 Å². The van der Waals surface area contributed by atoms with Crippen LogP contribution >= 0.6 is 0 Å².